The molecular weight excluding hydrogens is 338 g/mol. The second kappa shape index (κ2) is 7.14. The van der Waals surface area contributed by atoms with E-state index in [2.05, 4.69) is 22.1 Å². The number of aromatic nitrogens is 2. The number of nitrogen functional groups attached to an aromatic ring is 1. The van der Waals surface area contributed by atoms with Crippen molar-refractivity contribution in [1.82, 2.24) is 4.98 Å². The summed E-state index contributed by atoms with van der Waals surface area (Å²) in [6.45, 7) is 0. The van der Waals surface area contributed by atoms with Crippen molar-refractivity contribution in [3.8, 4) is 22.6 Å². The number of nitrogens with one attached hydrogen (secondary N) is 1. The number of thioether (sulfide) groups is 1. The second-order valence-electron chi connectivity index (χ2n) is 4.84. The molecule has 0 bridgehead atoms. The summed E-state index contributed by atoms with van der Waals surface area (Å²) in [4.78, 5) is 7.85. The van der Waals surface area contributed by atoms with Gasteiger partial charge in [0.1, 0.15) is 17.7 Å². The third kappa shape index (κ3) is 3.09. The zero-order valence-corrected chi connectivity index (χ0v) is 14.1. The molecule has 3 aromatic heterocycles. The van der Waals surface area contributed by atoms with E-state index >= 15 is 0 Å². The van der Waals surface area contributed by atoms with E-state index in [9.17, 15) is 10.5 Å². The maximum Gasteiger partial charge on any atom is 0.289 e. The Hall–Kier alpha value is -2.87. The molecule has 0 aliphatic rings. The number of H-pyrrole nitrogens is 1. The van der Waals surface area contributed by atoms with Crippen LogP contribution in [0, 0.1) is 22.7 Å². The smallest absolute Gasteiger partial charge is 0.286 e. The molecule has 0 saturated carbocycles. The number of hydrogen-bond donors (Lipinski definition) is 1. The highest BCUT2D eigenvalue weighted by molar-refractivity contribution is 7.98. The van der Waals surface area contributed by atoms with Crippen LogP contribution in [0.2, 0.25) is 0 Å². The molecule has 0 aromatic carbocycles. The van der Waals surface area contributed by atoms with Gasteiger partial charge in [-0.05, 0) is 29.1 Å². The Morgan fingerprint density at radius 1 is 1.17 bits per heavy atom. The third-order valence-corrected chi connectivity index (χ3v) is 5.33. The van der Waals surface area contributed by atoms with Gasteiger partial charge in [-0.25, -0.2) is 4.98 Å². The maximum absolute atomic E-state index is 9.67. The highest BCUT2D eigenvalue weighted by Gasteiger charge is 2.24. The van der Waals surface area contributed by atoms with Crippen LogP contribution in [-0.4, -0.2) is 4.98 Å². The van der Waals surface area contributed by atoms with Gasteiger partial charge in [0.2, 0.25) is 0 Å². The molecule has 3 aromatic rings. The minimum Gasteiger partial charge on any atom is -0.286 e. The molecule has 0 atom stereocenters. The third-order valence-electron chi connectivity index (χ3n) is 3.37. The normalized spacial score (nSPS) is 10.1. The Morgan fingerprint density at radius 2 is 1.92 bits per heavy atom. The monoisotopic (exact) mass is 350 g/mol. The van der Waals surface area contributed by atoms with Crippen LogP contribution in [0.4, 0.5) is 5.82 Å². The predicted octanol–water partition coefficient (Wildman–Crippen LogP) is 3.24. The van der Waals surface area contributed by atoms with Gasteiger partial charge in [0.15, 0.2) is 10.6 Å². The number of nitrogens with zero attached hydrogens (tertiary/aromatic N) is 3. The number of nitriles is 2. The summed E-state index contributed by atoms with van der Waals surface area (Å²) in [7, 11) is 0. The molecule has 0 spiro atoms. The Bertz CT molecular complexity index is 938. The van der Waals surface area contributed by atoms with E-state index in [1.807, 2.05) is 29.6 Å². The van der Waals surface area contributed by atoms with Crippen LogP contribution >= 0.6 is 23.1 Å². The molecule has 3 heterocycles. The van der Waals surface area contributed by atoms with Crippen molar-refractivity contribution < 1.29 is 4.98 Å². The molecule has 3 rings (SSSR count). The molecule has 0 amide bonds. The van der Waals surface area contributed by atoms with Gasteiger partial charge in [0.05, 0.1) is 0 Å². The van der Waals surface area contributed by atoms with E-state index in [1.165, 1.54) is 23.1 Å². The molecule has 3 N–H and O–H groups in total. The summed E-state index contributed by atoms with van der Waals surface area (Å²) in [5.74, 6) is 0.945. The summed E-state index contributed by atoms with van der Waals surface area (Å²) >= 11 is 2.96. The van der Waals surface area contributed by atoms with Crippen LogP contribution in [0.5, 0.6) is 0 Å². The largest absolute Gasteiger partial charge is 0.289 e. The number of hydrogen-bond acceptors (Lipinski definition) is 6. The summed E-state index contributed by atoms with van der Waals surface area (Å²) in [6.07, 6.45) is 3.46. The average molecular weight is 350 g/mol. The molecule has 116 valence electrons. The van der Waals surface area contributed by atoms with Crippen molar-refractivity contribution >= 4 is 28.9 Å². The summed E-state index contributed by atoms with van der Waals surface area (Å²) in [5.41, 5.74) is 8.47. The first kappa shape index (κ1) is 16.0. The number of rotatable bonds is 4. The summed E-state index contributed by atoms with van der Waals surface area (Å²) < 4.78 is 0. The lowest BCUT2D eigenvalue weighted by Crippen LogP contribution is -2.18. The fourth-order valence-electron chi connectivity index (χ4n) is 2.25. The van der Waals surface area contributed by atoms with Crippen LogP contribution in [0.1, 0.15) is 16.7 Å². The SMILES string of the molecule is N#Cc1c(N)[nH+]c(SCc2ccncc2)c(C#N)c1-c1cccs1. The lowest BCUT2D eigenvalue weighted by atomic mass is 10.0. The van der Waals surface area contributed by atoms with Crippen molar-refractivity contribution in [1.29, 1.82) is 10.5 Å². The van der Waals surface area contributed by atoms with Crippen LogP contribution in [0.3, 0.4) is 0 Å². The highest BCUT2D eigenvalue weighted by atomic mass is 32.2. The van der Waals surface area contributed by atoms with Crippen molar-refractivity contribution in [3.05, 3.63) is 58.7 Å². The van der Waals surface area contributed by atoms with Crippen LogP contribution in [0.15, 0.2) is 47.1 Å². The van der Waals surface area contributed by atoms with Gasteiger partial charge in [-0.15, -0.1) is 11.3 Å². The minimum absolute atomic E-state index is 0.275. The number of aromatic amines is 1. The first-order valence-electron chi connectivity index (χ1n) is 6.99. The molecule has 0 unspecified atom stereocenters. The summed E-state index contributed by atoms with van der Waals surface area (Å²) in [6, 6.07) is 12.0. The molecule has 0 saturated heterocycles. The molecule has 24 heavy (non-hydrogen) atoms. The van der Waals surface area contributed by atoms with Gasteiger partial charge in [0.25, 0.3) is 5.82 Å². The minimum atomic E-state index is 0.275. The van der Waals surface area contributed by atoms with Crippen molar-refractivity contribution in [2.75, 3.05) is 5.73 Å². The predicted molar refractivity (Wildman–Crippen MR) is 94.0 cm³/mol. The lowest BCUT2D eigenvalue weighted by molar-refractivity contribution is -0.410. The Morgan fingerprint density at radius 3 is 2.54 bits per heavy atom. The van der Waals surface area contributed by atoms with E-state index in [4.69, 9.17) is 5.73 Å². The van der Waals surface area contributed by atoms with E-state index in [0.717, 1.165) is 10.4 Å². The molecule has 0 aliphatic carbocycles. The quantitative estimate of drug-likeness (QED) is 0.728. The molecule has 0 aliphatic heterocycles. The molecule has 0 radical (unpaired) electrons. The molecule has 7 heteroatoms. The second-order valence-corrected chi connectivity index (χ2v) is 6.77. The Kier molecular flexibility index (Phi) is 4.76. The Balaban J connectivity index is 2.08. The average Bonchev–Trinajstić information content (AvgIpc) is 3.14. The zero-order chi connectivity index (χ0) is 16.9. The van der Waals surface area contributed by atoms with E-state index in [-0.39, 0.29) is 5.82 Å². The standard InChI is InChI=1S/C17H11N5S2/c18-8-12-15(14-2-1-7-23-14)13(9-19)17(22-16(12)20)24-10-11-3-5-21-6-4-11/h1-7H,10H2,(H2,20,22)/p+1. The fourth-order valence-corrected chi connectivity index (χ4v) is 4.01. The number of thiophene rings is 1. The first-order chi connectivity index (χ1) is 11.7. The fraction of sp³-hybridized carbons (Fsp3) is 0.0588. The number of pyridine rings is 2. The van der Waals surface area contributed by atoms with E-state index < -0.39 is 0 Å². The first-order valence-corrected chi connectivity index (χ1v) is 8.85. The van der Waals surface area contributed by atoms with Crippen molar-refractivity contribution in [2.45, 2.75) is 10.8 Å². The lowest BCUT2D eigenvalue weighted by Gasteiger charge is -2.08. The molecular formula is C17H12N5S2+. The van der Waals surface area contributed by atoms with Gasteiger partial charge in [0, 0.05) is 28.6 Å². The molecule has 5 nitrogen and oxygen atoms in total. The van der Waals surface area contributed by atoms with Crippen LogP contribution < -0.4 is 10.7 Å². The van der Waals surface area contributed by atoms with Gasteiger partial charge >= 0.3 is 0 Å². The van der Waals surface area contributed by atoms with E-state index in [1.54, 1.807) is 12.4 Å². The topological polar surface area (TPSA) is 101 Å². The van der Waals surface area contributed by atoms with Gasteiger partial charge in [-0.1, -0.05) is 17.8 Å². The maximum atomic E-state index is 9.67. The number of nitrogens with two attached hydrogens (primary N) is 1. The Labute approximate surface area is 147 Å². The van der Waals surface area contributed by atoms with Crippen LogP contribution in [0.25, 0.3) is 10.4 Å². The van der Waals surface area contributed by atoms with Gasteiger partial charge in [-0.2, -0.15) is 10.5 Å². The number of anilines is 1. The zero-order valence-electron chi connectivity index (χ0n) is 12.5. The van der Waals surface area contributed by atoms with Crippen LogP contribution in [-0.2, 0) is 5.75 Å². The van der Waals surface area contributed by atoms with Crippen molar-refractivity contribution in [3.63, 3.8) is 0 Å². The summed E-state index contributed by atoms with van der Waals surface area (Å²) in [5, 5.41) is 21.7. The van der Waals surface area contributed by atoms with Gasteiger partial charge < -0.3 is 0 Å². The molecule has 0 fully saturated rings. The van der Waals surface area contributed by atoms with Gasteiger partial charge in [-0.3, -0.25) is 10.7 Å². The highest BCUT2D eigenvalue weighted by Crippen LogP contribution is 2.36. The van der Waals surface area contributed by atoms with E-state index in [0.29, 0.717) is 27.5 Å². The van der Waals surface area contributed by atoms with Crippen molar-refractivity contribution in [2.24, 2.45) is 0 Å².